The second kappa shape index (κ2) is 13.4. The van der Waals surface area contributed by atoms with Gasteiger partial charge in [-0.15, -0.1) is 0 Å². The van der Waals surface area contributed by atoms with Gasteiger partial charge >= 0.3 is 11.9 Å². The van der Waals surface area contributed by atoms with E-state index >= 15 is 0 Å². The van der Waals surface area contributed by atoms with Gasteiger partial charge in [0.1, 0.15) is 0 Å². The molecule has 0 aromatic carbocycles. The molecule has 0 aromatic heterocycles. The lowest BCUT2D eigenvalue weighted by Crippen LogP contribution is -2.28. The van der Waals surface area contributed by atoms with Crippen LogP contribution in [0.2, 0.25) is 0 Å². The third-order valence-electron chi connectivity index (χ3n) is 2.96. The van der Waals surface area contributed by atoms with E-state index in [1.807, 2.05) is 0 Å². The number of esters is 2. The summed E-state index contributed by atoms with van der Waals surface area (Å²) in [5.74, 6) is -0.727. The number of carbonyl (C=O) groups is 2. The highest BCUT2D eigenvalue weighted by molar-refractivity contribution is 5.70. The van der Waals surface area contributed by atoms with Crippen LogP contribution in [0.15, 0.2) is 0 Å². The summed E-state index contributed by atoms with van der Waals surface area (Å²) in [5, 5.41) is 0. The Hall–Kier alpha value is -1.22. The van der Waals surface area contributed by atoms with Crippen LogP contribution in [-0.2, 0) is 19.1 Å². The molecule has 0 amide bonds. The molecule has 0 rings (SSSR count). The van der Waals surface area contributed by atoms with E-state index in [-0.39, 0.29) is 24.8 Å². The molecule has 0 aromatic rings. The van der Waals surface area contributed by atoms with E-state index in [2.05, 4.69) is 0 Å². The van der Waals surface area contributed by atoms with Gasteiger partial charge in [-0.1, -0.05) is 0 Å². The van der Waals surface area contributed by atoms with Crippen molar-refractivity contribution in [1.82, 2.24) is 0 Å². The quantitative estimate of drug-likeness (QED) is 0.204. The predicted octanol–water partition coefficient (Wildman–Crippen LogP) is -0.319. The van der Waals surface area contributed by atoms with E-state index < -0.39 is 12.5 Å². The Morgan fingerprint density at radius 3 is 1.41 bits per heavy atom. The summed E-state index contributed by atoms with van der Waals surface area (Å²) in [4.78, 5) is 23.0. The van der Waals surface area contributed by atoms with E-state index in [0.29, 0.717) is 51.6 Å². The first-order valence-corrected chi connectivity index (χ1v) is 7.79. The predicted molar refractivity (Wildman–Crippen MR) is 83.2 cm³/mol. The van der Waals surface area contributed by atoms with Crippen LogP contribution in [0.4, 0.5) is 0 Å². The van der Waals surface area contributed by atoms with E-state index in [4.69, 9.17) is 32.4 Å². The molecule has 0 heterocycles. The van der Waals surface area contributed by atoms with Gasteiger partial charge in [0.05, 0.1) is 0 Å². The Bertz CT molecular complexity index is 285. The van der Waals surface area contributed by atoms with Crippen LogP contribution in [0.3, 0.4) is 0 Å². The summed E-state index contributed by atoms with van der Waals surface area (Å²) < 4.78 is 10.0. The third-order valence-corrected chi connectivity index (χ3v) is 2.96. The minimum absolute atomic E-state index is 0.225. The summed E-state index contributed by atoms with van der Waals surface area (Å²) in [6.07, 6.45) is 2.83. The number of hydrogen-bond donors (Lipinski definition) is 4. The number of rotatable bonds is 13. The monoisotopic (exact) mass is 318 g/mol. The molecular formula is C14H30N4O4. The number of carbonyl (C=O) groups excluding carboxylic acids is 2. The SMILES string of the molecule is NCCCC(N)OC(=O)CCCCC(=O)OC(N)CCCN. The van der Waals surface area contributed by atoms with Crippen molar-refractivity contribution in [2.75, 3.05) is 13.1 Å². The first-order chi connectivity index (χ1) is 10.5. The van der Waals surface area contributed by atoms with Crippen LogP contribution in [0.25, 0.3) is 0 Å². The van der Waals surface area contributed by atoms with Gasteiger partial charge in [0.15, 0.2) is 12.5 Å². The van der Waals surface area contributed by atoms with E-state index in [1.54, 1.807) is 0 Å². The number of nitrogens with two attached hydrogens (primary N) is 4. The summed E-state index contributed by atoms with van der Waals surface area (Å²) in [6.45, 7) is 1.03. The third kappa shape index (κ3) is 12.5. The van der Waals surface area contributed by atoms with Crippen molar-refractivity contribution in [2.24, 2.45) is 22.9 Å². The zero-order valence-corrected chi connectivity index (χ0v) is 13.2. The molecule has 8 nitrogen and oxygen atoms in total. The molecule has 0 saturated carbocycles. The van der Waals surface area contributed by atoms with Crippen molar-refractivity contribution in [3.63, 3.8) is 0 Å². The van der Waals surface area contributed by atoms with Gasteiger partial charge < -0.3 is 20.9 Å². The topological polar surface area (TPSA) is 157 Å². The van der Waals surface area contributed by atoms with Crippen LogP contribution in [0, 0.1) is 0 Å². The maximum absolute atomic E-state index is 11.5. The average molecular weight is 318 g/mol. The Labute approximate surface area is 131 Å². The number of ether oxygens (including phenoxy) is 2. The fraction of sp³-hybridized carbons (Fsp3) is 0.857. The Kier molecular flexibility index (Phi) is 12.7. The van der Waals surface area contributed by atoms with Crippen LogP contribution in [-0.4, -0.2) is 37.5 Å². The normalized spacial score (nSPS) is 13.5. The molecular weight excluding hydrogens is 288 g/mol. The van der Waals surface area contributed by atoms with Crippen LogP contribution < -0.4 is 22.9 Å². The van der Waals surface area contributed by atoms with Crippen molar-refractivity contribution in [3.05, 3.63) is 0 Å². The van der Waals surface area contributed by atoms with Crippen molar-refractivity contribution >= 4 is 11.9 Å². The van der Waals surface area contributed by atoms with E-state index in [1.165, 1.54) is 0 Å². The summed E-state index contributed by atoms with van der Waals surface area (Å²) in [5.41, 5.74) is 21.9. The van der Waals surface area contributed by atoms with Crippen molar-refractivity contribution in [3.8, 4) is 0 Å². The minimum atomic E-state index is -0.610. The molecule has 0 aliphatic rings. The van der Waals surface area contributed by atoms with Gasteiger partial charge in [0.25, 0.3) is 0 Å². The number of unbranched alkanes of at least 4 members (excludes halogenated alkanes) is 1. The fourth-order valence-electron chi connectivity index (χ4n) is 1.75. The molecule has 0 bridgehead atoms. The molecule has 130 valence electrons. The summed E-state index contributed by atoms with van der Waals surface area (Å²) in [7, 11) is 0. The van der Waals surface area contributed by atoms with Crippen LogP contribution in [0.1, 0.15) is 51.4 Å². The highest BCUT2D eigenvalue weighted by atomic mass is 16.6. The minimum Gasteiger partial charge on any atom is -0.447 e. The summed E-state index contributed by atoms with van der Waals surface area (Å²) >= 11 is 0. The maximum atomic E-state index is 11.5. The standard InChI is InChI=1S/C14H30N4O4/c15-9-3-5-11(17)21-13(19)7-1-2-8-14(20)22-12(18)6-4-10-16/h11-12H,1-10,15-18H2. The molecule has 0 fully saturated rings. The second-order valence-electron chi connectivity index (χ2n) is 5.13. The van der Waals surface area contributed by atoms with Gasteiger partial charge in [-0.2, -0.15) is 0 Å². The molecule has 8 heteroatoms. The van der Waals surface area contributed by atoms with Gasteiger partial charge in [0, 0.05) is 12.8 Å². The Morgan fingerprint density at radius 1 is 0.727 bits per heavy atom. The van der Waals surface area contributed by atoms with Crippen LogP contribution in [0.5, 0.6) is 0 Å². The maximum Gasteiger partial charge on any atom is 0.307 e. The van der Waals surface area contributed by atoms with Crippen molar-refractivity contribution in [2.45, 2.75) is 63.8 Å². The van der Waals surface area contributed by atoms with E-state index in [0.717, 1.165) is 0 Å². The van der Waals surface area contributed by atoms with Gasteiger partial charge in [-0.25, -0.2) is 0 Å². The smallest absolute Gasteiger partial charge is 0.307 e. The molecule has 22 heavy (non-hydrogen) atoms. The zero-order chi connectivity index (χ0) is 16.8. The fourth-order valence-corrected chi connectivity index (χ4v) is 1.75. The largest absolute Gasteiger partial charge is 0.447 e. The molecule has 0 aliphatic carbocycles. The first kappa shape index (κ1) is 20.8. The van der Waals surface area contributed by atoms with Crippen molar-refractivity contribution < 1.29 is 19.1 Å². The highest BCUT2D eigenvalue weighted by Gasteiger charge is 2.11. The highest BCUT2D eigenvalue weighted by Crippen LogP contribution is 2.06. The zero-order valence-electron chi connectivity index (χ0n) is 13.2. The lowest BCUT2D eigenvalue weighted by molar-refractivity contribution is -0.151. The lowest BCUT2D eigenvalue weighted by atomic mass is 10.2. The average Bonchev–Trinajstić information content (AvgIpc) is 2.47. The van der Waals surface area contributed by atoms with Gasteiger partial charge in [0.2, 0.25) is 0 Å². The van der Waals surface area contributed by atoms with Gasteiger partial charge in [-0.3, -0.25) is 21.1 Å². The molecule has 2 atom stereocenters. The molecule has 8 N–H and O–H groups in total. The molecule has 0 saturated heterocycles. The van der Waals surface area contributed by atoms with Gasteiger partial charge in [-0.05, 0) is 51.6 Å². The first-order valence-electron chi connectivity index (χ1n) is 7.79. The molecule has 0 radical (unpaired) electrons. The summed E-state index contributed by atoms with van der Waals surface area (Å²) in [6, 6.07) is 0. The van der Waals surface area contributed by atoms with Crippen LogP contribution >= 0.6 is 0 Å². The van der Waals surface area contributed by atoms with Crippen molar-refractivity contribution in [1.29, 1.82) is 0 Å². The molecule has 0 spiro atoms. The molecule has 2 unspecified atom stereocenters. The number of hydrogen-bond acceptors (Lipinski definition) is 8. The molecule has 0 aliphatic heterocycles. The Balaban J connectivity index is 3.62. The Morgan fingerprint density at radius 2 is 1.09 bits per heavy atom. The lowest BCUT2D eigenvalue weighted by Gasteiger charge is -2.13. The van der Waals surface area contributed by atoms with E-state index in [9.17, 15) is 9.59 Å². The second-order valence-corrected chi connectivity index (χ2v) is 5.13.